The maximum atomic E-state index is 13.8. The summed E-state index contributed by atoms with van der Waals surface area (Å²) in [5.41, 5.74) is 2.49. The lowest BCUT2D eigenvalue weighted by Gasteiger charge is -2.28. The zero-order valence-corrected chi connectivity index (χ0v) is 19.0. The van der Waals surface area contributed by atoms with Crippen LogP contribution < -0.4 is 10.2 Å². The van der Waals surface area contributed by atoms with Crippen LogP contribution in [0.2, 0.25) is 0 Å². The molecule has 2 aromatic heterocycles. The number of nitrogens with zero attached hydrogens (tertiary/aromatic N) is 7. The first-order valence-electron chi connectivity index (χ1n) is 11.4. The van der Waals surface area contributed by atoms with Gasteiger partial charge in [0.15, 0.2) is 17.3 Å². The third-order valence-corrected chi connectivity index (χ3v) is 6.73. The molecule has 10 heteroatoms. The molecule has 0 bridgehead atoms. The molecule has 2 unspecified atom stereocenters. The summed E-state index contributed by atoms with van der Waals surface area (Å²) in [6.07, 6.45) is 3.71. The van der Waals surface area contributed by atoms with E-state index in [9.17, 15) is 9.18 Å². The fraction of sp³-hybridized carbons (Fsp3) is 0.333. The van der Waals surface area contributed by atoms with Gasteiger partial charge < -0.3 is 4.90 Å². The van der Waals surface area contributed by atoms with Gasteiger partial charge in [-0.3, -0.25) is 15.1 Å². The number of pyridine rings is 1. The van der Waals surface area contributed by atoms with Gasteiger partial charge in [-0.25, -0.2) is 23.7 Å². The van der Waals surface area contributed by atoms with Crippen molar-refractivity contribution in [1.82, 2.24) is 29.7 Å². The van der Waals surface area contributed by atoms with Crippen molar-refractivity contribution in [3.63, 3.8) is 0 Å². The van der Waals surface area contributed by atoms with E-state index < -0.39 is 0 Å². The number of anilines is 1. The van der Waals surface area contributed by atoms with Gasteiger partial charge in [0.25, 0.3) is 0 Å². The zero-order valence-electron chi connectivity index (χ0n) is 19.0. The summed E-state index contributed by atoms with van der Waals surface area (Å²) in [4.78, 5) is 28.1. The van der Waals surface area contributed by atoms with E-state index in [0.717, 1.165) is 35.8 Å². The number of nitrogens with one attached hydrogen (secondary N) is 1. The Morgan fingerprint density at radius 1 is 1.21 bits per heavy atom. The monoisotopic (exact) mass is 460 g/mol. The number of aliphatic imine (C=N–C) groups is 1. The number of fused-ring (bicyclic) bond motifs is 2. The van der Waals surface area contributed by atoms with E-state index in [2.05, 4.69) is 27.2 Å². The molecule has 0 radical (unpaired) electrons. The number of benzene rings is 1. The Labute approximate surface area is 196 Å². The first-order valence-corrected chi connectivity index (χ1v) is 11.4. The van der Waals surface area contributed by atoms with Crippen LogP contribution in [0.15, 0.2) is 59.6 Å². The first-order chi connectivity index (χ1) is 16.4. The largest absolute Gasteiger partial charge is 0.329 e. The van der Waals surface area contributed by atoms with Crippen LogP contribution in [0, 0.1) is 24.6 Å². The highest BCUT2D eigenvalue weighted by atomic mass is 19.1. The van der Waals surface area contributed by atoms with Crippen LogP contribution in [0.25, 0.3) is 5.65 Å². The molecule has 0 saturated carbocycles. The molecule has 9 nitrogen and oxygen atoms in total. The number of halogens is 1. The molecule has 1 saturated heterocycles. The molecule has 3 aromatic rings. The molecule has 1 fully saturated rings. The van der Waals surface area contributed by atoms with Crippen LogP contribution in [0.4, 0.5) is 14.9 Å². The SMILES string of the molecule is Cc1ccc(F)cc1N1C=C2N=C(C3CN(Cc4nc5ccccn5n4)CC3C)NC(=O)N2C1. The summed E-state index contributed by atoms with van der Waals surface area (Å²) in [6.45, 7) is 6.67. The van der Waals surface area contributed by atoms with Gasteiger partial charge in [0.2, 0.25) is 0 Å². The van der Waals surface area contributed by atoms with Gasteiger partial charge >= 0.3 is 6.03 Å². The van der Waals surface area contributed by atoms with Gasteiger partial charge in [-0.2, -0.15) is 0 Å². The summed E-state index contributed by atoms with van der Waals surface area (Å²) >= 11 is 0. The third-order valence-electron chi connectivity index (χ3n) is 6.73. The lowest BCUT2D eigenvalue weighted by atomic mass is 9.96. The number of likely N-dealkylation sites (tertiary alicyclic amines) is 1. The quantitative estimate of drug-likeness (QED) is 0.648. The van der Waals surface area contributed by atoms with Gasteiger partial charge in [-0.1, -0.05) is 19.1 Å². The van der Waals surface area contributed by atoms with E-state index in [-0.39, 0.29) is 17.8 Å². The minimum Gasteiger partial charge on any atom is -0.325 e. The van der Waals surface area contributed by atoms with Crippen LogP contribution in [-0.4, -0.2) is 56.0 Å². The van der Waals surface area contributed by atoms with E-state index in [1.807, 2.05) is 42.4 Å². The van der Waals surface area contributed by atoms with Crippen LogP contribution in [-0.2, 0) is 6.54 Å². The number of amidine groups is 1. The fourth-order valence-corrected chi connectivity index (χ4v) is 4.97. The van der Waals surface area contributed by atoms with Crippen molar-refractivity contribution < 1.29 is 9.18 Å². The summed E-state index contributed by atoms with van der Waals surface area (Å²) in [5, 5.41) is 7.56. The van der Waals surface area contributed by atoms with Gasteiger partial charge in [0.1, 0.15) is 18.3 Å². The number of aromatic nitrogens is 3. The minimum atomic E-state index is -0.308. The van der Waals surface area contributed by atoms with E-state index in [0.29, 0.717) is 30.8 Å². The van der Waals surface area contributed by atoms with Gasteiger partial charge in [0.05, 0.1) is 6.54 Å². The Morgan fingerprint density at radius 3 is 2.94 bits per heavy atom. The molecule has 0 spiro atoms. The number of rotatable bonds is 4. The lowest BCUT2D eigenvalue weighted by Crippen LogP contribution is -2.49. The van der Waals surface area contributed by atoms with Crippen molar-refractivity contribution in [2.45, 2.75) is 20.4 Å². The number of amides is 2. The van der Waals surface area contributed by atoms with Crippen molar-refractivity contribution in [2.75, 3.05) is 24.7 Å². The normalized spacial score (nSPS) is 22.7. The number of hydrogen-bond acceptors (Lipinski definition) is 6. The van der Waals surface area contributed by atoms with Crippen molar-refractivity contribution >= 4 is 23.2 Å². The molecule has 2 atom stereocenters. The number of urea groups is 1. The van der Waals surface area contributed by atoms with Crippen molar-refractivity contribution in [3.8, 4) is 0 Å². The maximum absolute atomic E-state index is 13.8. The average Bonchev–Trinajstić information content (AvgIpc) is 3.51. The second-order valence-electron chi connectivity index (χ2n) is 9.19. The second kappa shape index (κ2) is 7.91. The smallest absolute Gasteiger partial charge is 0.325 e. The molecular weight excluding hydrogens is 435 g/mol. The van der Waals surface area contributed by atoms with Crippen LogP contribution >= 0.6 is 0 Å². The predicted molar refractivity (Wildman–Crippen MR) is 125 cm³/mol. The molecule has 2 amide bonds. The van der Waals surface area contributed by atoms with Crippen LogP contribution in [0.3, 0.4) is 0 Å². The molecule has 0 aliphatic carbocycles. The fourth-order valence-electron chi connectivity index (χ4n) is 4.97. The highest BCUT2D eigenvalue weighted by Gasteiger charge is 2.39. The topological polar surface area (TPSA) is 81.4 Å². The van der Waals surface area contributed by atoms with E-state index >= 15 is 0 Å². The van der Waals surface area contributed by atoms with Gasteiger partial charge in [-0.05, 0) is 42.7 Å². The molecule has 174 valence electrons. The van der Waals surface area contributed by atoms with E-state index in [1.165, 1.54) is 12.1 Å². The lowest BCUT2D eigenvalue weighted by molar-refractivity contribution is 0.216. The van der Waals surface area contributed by atoms with Crippen molar-refractivity contribution in [3.05, 3.63) is 71.8 Å². The summed E-state index contributed by atoms with van der Waals surface area (Å²) in [6, 6.07) is 10.3. The third kappa shape index (κ3) is 3.60. The van der Waals surface area contributed by atoms with Crippen molar-refractivity contribution in [2.24, 2.45) is 16.8 Å². The molecule has 1 N–H and O–H groups in total. The predicted octanol–water partition coefficient (Wildman–Crippen LogP) is 2.95. The Kier molecular flexibility index (Phi) is 4.84. The molecule has 6 rings (SSSR count). The molecule has 3 aliphatic heterocycles. The molecule has 1 aromatic carbocycles. The van der Waals surface area contributed by atoms with Crippen molar-refractivity contribution in [1.29, 1.82) is 0 Å². The number of carbonyl (C=O) groups excluding carboxylic acids is 1. The Morgan fingerprint density at radius 2 is 2.09 bits per heavy atom. The van der Waals surface area contributed by atoms with E-state index in [4.69, 9.17) is 4.99 Å². The van der Waals surface area contributed by atoms with Gasteiger partial charge in [-0.15, -0.1) is 5.10 Å². The van der Waals surface area contributed by atoms with Crippen LogP contribution in [0.5, 0.6) is 0 Å². The molecular formula is C24H25FN8O. The second-order valence-corrected chi connectivity index (χ2v) is 9.19. The Bertz CT molecular complexity index is 1310. The Hall–Kier alpha value is -3.79. The molecule has 3 aliphatic rings. The number of hydrogen-bond donors (Lipinski definition) is 1. The molecule has 5 heterocycles. The first kappa shape index (κ1) is 20.8. The minimum absolute atomic E-state index is 0.0917. The summed E-state index contributed by atoms with van der Waals surface area (Å²) < 4.78 is 15.6. The number of aryl methyl sites for hydroxylation is 1. The average molecular weight is 461 g/mol. The summed E-state index contributed by atoms with van der Waals surface area (Å²) in [5.74, 6) is 2.13. The highest BCUT2D eigenvalue weighted by molar-refractivity contribution is 6.02. The Balaban J connectivity index is 1.21. The van der Waals surface area contributed by atoms with Crippen LogP contribution in [0.1, 0.15) is 18.3 Å². The zero-order chi connectivity index (χ0) is 23.4. The van der Waals surface area contributed by atoms with Gasteiger partial charge in [0, 0.05) is 37.1 Å². The maximum Gasteiger partial charge on any atom is 0.329 e. The van der Waals surface area contributed by atoms with E-state index in [1.54, 1.807) is 15.5 Å². The highest BCUT2D eigenvalue weighted by Crippen LogP contribution is 2.32. The number of carbonyl (C=O) groups is 1. The molecule has 34 heavy (non-hydrogen) atoms. The standard InChI is InChI=1S/C24H25FN8O/c1-15-6-7-17(25)9-19(15)31-13-22-27-23(28-24(34)32(22)14-31)18-11-30(10-16(18)2)12-20-26-21-5-3-4-8-33(21)29-20/h3-9,13,16,18H,10-12,14H2,1-2H3,(H,27,28,34). The summed E-state index contributed by atoms with van der Waals surface area (Å²) in [7, 11) is 0.